The molecule has 198 valence electrons. The van der Waals surface area contributed by atoms with E-state index in [1.165, 1.54) is 12.1 Å². The smallest absolute Gasteiger partial charge is 0.408 e. The molecule has 37 heavy (non-hydrogen) atoms. The first-order chi connectivity index (χ1) is 17.7. The van der Waals surface area contributed by atoms with Crippen molar-refractivity contribution in [3.63, 3.8) is 0 Å². The number of nitrogens with one attached hydrogen (secondary N) is 2. The highest BCUT2D eigenvalue weighted by Crippen LogP contribution is 2.47. The molecule has 0 amide bonds. The topological polar surface area (TPSA) is 64.5 Å². The van der Waals surface area contributed by atoms with Crippen molar-refractivity contribution in [1.82, 2.24) is 14.8 Å². The molecule has 2 N–H and O–H groups in total. The van der Waals surface area contributed by atoms with E-state index < -0.39 is 29.1 Å². The molecule has 1 saturated heterocycles. The fraction of sp³-hybridized carbons (Fsp3) is 0.519. The van der Waals surface area contributed by atoms with Gasteiger partial charge in [-0.1, -0.05) is 6.07 Å². The Hall–Kier alpha value is -2.85. The SMILES string of the molecule is C[C@@H]1Cc2c(ccc3[nH]c(=O)oc23)[C@@H](c2c(F)cc(NC3CN(CCCF)C3)cc2F)N1CC1(F)CC1. The van der Waals surface area contributed by atoms with Crippen molar-refractivity contribution in [2.45, 2.75) is 56.4 Å². The summed E-state index contributed by atoms with van der Waals surface area (Å²) in [6.45, 7) is 3.64. The van der Waals surface area contributed by atoms with E-state index in [0.29, 0.717) is 73.2 Å². The minimum absolute atomic E-state index is 0.0298. The number of benzene rings is 2. The maximum Gasteiger partial charge on any atom is 0.417 e. The molecule has 3 aromatic rings. The third-order valence-corrected chi connectivity index (χ3v) is 7.97. The number of H-pyrrole nitrogens is 1. The average Bonchev–Trinajstić information content (AvgIpc) is 3.41. The summed E-state index contributed by atoms with van der Waals surface area (Å²) >= 11 is 0. The number of aromatic nitrogens is 1. The van der Waals surface area contributed by atoms with Crippen LogP contribution in [0.1, 0.15) is 48.9 Å². The predicted molar refractivity (Wildman–Crippen MR) is 132 cm³/mol. The van der Waals surface area contributed by atoms with Gasteiger partial charge in [-0.2, -0.15) is 0 Å². The summed E-state index contributed by atoms with van der Waals surface area (Å²) in [4.78, 5) is 18.4. The zero-order valence-corrected chi connectivity index (χ0v) is 20.6. The molecule has 0 unspecified atom stereocenters. The van der Waals surface area contributed by atoms with Gasteiger partial charge in [-0.3, -0.25) is 19.2 Å². The highest BCUT2D eigenvalue weighted by molar-refractivity contribution is 5.78. The first kappa shape index (κ1) is 24.5. The second kappa shape index (κ2) is 9.16. The molecule has 0 spiro atoms. The molecule has 3 aliphatic rings. The van der Waals surface area contributed by atoms with Gasteiger partial charge in [0.25, 0.3) is 0 Å². The van der Waals surface area contributed by atoms with Gasteiger partial charge in [0.15, 0.2) is 5.58 Å². The van der Waals surface area contributed by atoms with Gasteiger partial charge >= 0.3 is 5.76 Å². The maximum absolute atomic E-state index is 15.7. The second-order valence-electron chi connectivity index (χ2n) is 10.8. The van der Waals surface area contributed by atoms with Crippen LogP contribution in [-0.4, -0.2) is 65.4 Å². The number of likely N-dealkylation sites (tertiary alicyclic amines) is 1. The Morgan fingerprint density at radius 3 is 2.59 bits per heavy atom. The van der Waals surface area contributed by atoms with Crippen molar-refractivity contribution in [2.75, 3.05) is 38.2 Å². The molecule has 1 aliphatic carbocycles. The summed E-state index contributed by atoms with van der Waals surface area (Å²) in [5.41, 5.74) is 1.05. The summed E-state index contributed by atoms with van der Waals surface area (Å²) in [5.74, 6) is -2.03. The molecule has 2 atom stereocenters. The standard InChI is InChI=1S/C27H30F4N4O2/c1-15-9-19-18(3-4-22-25(19)37-26(36)33-22)24(35(15)14-27(31)5-6-27)23-20(29)10-16(11-21(23)30)32-17-12-34(13-17)8-2-7-28/h3-4,10-11,15,17,24,32H,2,5-9,12-14H2,1H3,(H,33,36)/t15-,24+/m1/s1. The Kier molecular flexibility index (Phi) is 6.06. The van der Waals surface area contributed by atoms with Crippen molar-refractivity contribution in [1.29, 1.82) is 0 Å². The van der Waals surface area contributed by atoms with Crippen LogP contribution in [0.4, 0.5) is 23.2 Å². The van der Waals surface area contributed by atoms with Crippen molar-refractivity contribution in [3.8, 4) is 0 Å². The Labute approximate surface area is 211 Å². The largest absolute Gasteiger partial charge is 0.417 e. The van der Waals surface area contributed by atoms with Crippen molar-refractivity contribution in [2.24, 2.45) is 0 Å². The maximum atomic E-state index is 15.7. The number of nitrogens with zero attached hydrogens (tertiary/aromatic N) is 2. The van der Waals surface area contributed by atoms with Gasteiger partial charge in [-0.25, -0.2) is 18.0 Å². The van der Waals surface area contributed by atoms with Gasteiger partial charge < -0.3 is 9.73 Å². The summed E-state index contributed by atoms with van der Waals surface area (Å²) in [6, 6.07) is 4.91. The molecule has 6 nitrogen and oxygen atoms in total. The Balaban J connectivity index is 1.36. The van der Waals surface area contributed by atoms with E-state index in [1.807, 2.05) is 11.8 Å². The zero-order valence-electron chi connectivity index (χ0n) is 20.6. The Morgan fingerprint density at radius 1 is 1.19 bits per heavy atom. The molecule has 2 aromatic carbocycles. The van der Waals surface area contributed by atoms with E-state index >= 15 is 13.2 Å². The van der Waals surface area contributed by atoms with Crippen LogP contribution < -0.4 is 11.1 Å². The van der Waals surface area contributed by atoms with E-state index in [4.69, 9.17) is 4.42 Å². The van der Waals surface area contributed by atoms with Gasteiger partial charge in [0, 0.05) is 49.0 Å². The van der Waals surface area contributed by atoms with Crippen LogP contribution in [0.5, 0.6) is 0 Å². The monoisotopic (exact) mass is 518 g/mol. The lowest BCUT2D eigenvalue weighted by Crippen LogP contribution is -2.54. The van der Waals surface area contributed by atoms with Crippen LogP contribution in [0.3, 0.4) is 0 Å². The molecule has 0 radical (unpaired) electrons. The highest BCUT2D eigenvalue weighted by atomic mass is 19.1. The van der Waals surface area contributed by atoms with Crippen molar-refractivity contribution in [3.05, 3.63) is 63.1 Å². The van der Waals surface area contributed by atoms with E-state index in [-0.39, 0.29) is 30.9 Å². The molecule has 10 heteroatoms. The number of hydrogen-bond acceptors (Lipinski definition) is 5. The number of anilines is 1. The third-order valence-electron chi connectivity index (χ3n) is 7.97. The lowest BCUT2D eigenvalue weighted by Gasteiger charge is -2.43. The van der Waals surface area contributed by atoms with Crippen LogP contribution in [-0.2, 0) is 6.42 Å². The van der Waals surface area contributed by atoms with Crippen LogP contribution in [0.2, 0.25) is 0 Å². The minimum atomic E-state index is -1.36. The number of hydrogen-bond donors (Lipinski definition) is 2. The van der Waals surface area contributed by atoms with E-state index in [9.17, 15) is 9.18 Å². The highest BCUT2D eigenvalue weighted by Gasteiger charge is 2.49. The van der Waals surface area contributed by atoms with Gasteiger partial charge in [0.2, 0.25) is 0 Å². The van der Waals surface area contributed by atoms with E-state index in [0.717, 1.165) is 0 Å². The number of rotatable bonds is 8. The van der Waals surface area contributed by atoms with Crippen molar-refractivity contribution < 1.29 is 22.0 Å². The molecule has 2 fully saturated rings. The van der Waals surface area contributed by atoms with Gasteiger partial charge in [-0.15, -0.1) is 0 Å². The summed E-state index contributed by atoms with van der Waals surface area (Å²) < 4.78 is 64.3. The second-order valence-corrected chi connectivity index (χ2v) is 10.8. The number of oxazole rings is 1. The summed E-state index contributed by atoms with van der Waals surface area (Å²) in [6.07, 6.45) is 1.79. The third kappa shape index (κ3) is 4.54. The van der Waals surface area contributed by atoms with Crippen LogP contribution in [0.15, 0.2) is 33.5 Å². The lowest BCUT2D eigenvalue weighted by molar-refractivity contribution is 0.0949. The fourth-order valence-corrected chi connectivity index (χ4v) is 5.88. The zero-order chi connectivity index (χ0) is 25.9. The van der Waals surface area contributed by atoms with Crippen LogP contribution in [0.25, 0.3) is 11.1 Å². The van der Waals surface area contributed by atoms with Crippen LogP contribution in [0, 0.1) is 11.6 Å². The van der Waals surface area contributed by atoms with E-state index in [1.54, 1.807) is 12.1 Å². The molecule has 6 rings (SSSR count). The number of alkyl halides is 2. The molecule has 1 saturated carbocycles. The van der Waals surface area contributed by atoms with Gasteiger partial charge in [0.1, 0.15) is 17.3 Å². The van der Waals surface area contributed by atoms with Gasteiger partial charge in [0.05, 0.1) is 24.3 Å². The Morgan fingerprint density at radius 2 is 1.92 bits per heavy atom. The van der Waals surface area contributed by atoms with Crippen LogP contribution >= 0.6 is 0 Å². The molecule has 0 bridgehead atoms. The summed E-state index contributed by atoms with van der Waals surface area (Å²) in [5, 5.41) is 3.17. The molecular weight excluding hydrogens is 488 g/mol. The summed E-state index contributed by atoms with van der Waals surface area (Å²) in [7, 11) is 0. The predicted octanol–water partition coefficient (Wildman–Crippen LogP) is 4.69. The first-order valence-corrected chi connectivity index (χ1v) is 12.9. The minimum Gasteiger partial charge on any atom is -0.408 e. The number of halogens is 4. The molecule has 2 aliphatic heterocycles. The normalized spacial score (nSPS) is 23.7. The fourth-order valence-electron chi connectivity index (χ4n) is 5.88. The van der Waals surface area contributed by atoms with Gasteiger partial charge in [-0.05, 0) is 56.4 Å². The lowest BCUT2D eigenvalue weighted by atomic mass is 9.83. The van der Waals surface area contributed by atoms with Crippen molar-refractivity contribution >= 4 is 16.8 Å². The molecule has 3 heterocycles. The van der Waals surface area contributed by atoms with E-state index in [2.05, 4.69) is 15.2 Å². The number of aromatic amines is 1. The Bertz CT molecular complexity index is 1360. The molecule has 1 aromatic heterocycles. The average molecular weight is 519 g/mol. The number of fused-ring (bicyclic) bond motifs is 3. The molecular formula is C27H30F4N4O2. The first-order valence-electron chi connectivity index (χ1n) is 12.9. The quantitative estimate of drug-likeness (QED) is 0.424.